The smallest absolute Gasteiger partial charge is 0.243 e. The van der Waals surface area contributed by atoms with E-state index in [1.165, 1.54) is 4.31 Å². The van der Waals surface area contributed by atoms with E-state index in [1.54, 1.807) is 38.4 Å². The van der Waals surface area contributed by atoms with Crippen LogP contribution >= 0.6 is 0 Å². The highest BCUT2D eigenvalue weighted by atomic mass is 32.2. The maximum Gasteiger partial charge on any atom is 0.243 e. The average molecular weight is 312 g/mol. The SMILES string of the molecule is C=CCN(C)S(=O)(=O)c1ccc(OC)cc1CCNCC. The van der Waals surface area contributed by atoms with Crippen molar-refractivity contribution < 1.29 is 13.2 Å². The lowest BCUT2D eigenvalue weighted by Gasteiger charge is -2.18. The highest BCUT2D eigenvalue weighted by molar-refractivity contribution is 7.89. The number of nitrogens with one attached hydrogen (secondary N) is 1. The Morgan fingerprint density at radius 1 is 1.43 bits per heavy atom. The average Bonchev–Trinajstić information content (AvgIpc) is 2.47. The Balaban J connectivity index is 3.17. The summed E-state index contributed by atoms with van der Waals surface area (Å²) in [4.78, 5) is 0.325. The molecule has 1 rings (SSSR count). The lowest BCUT2D eigenvalue weighted by Crippen LogP contribution is -2.28. The van der Waals surface area contributed by atoms with E-state index in [-0.39, 0.29) is 6.54 Å². The van der Waals surface area contributed by atoms with Gasteiger partial charge in [0.2, 0.25) is 10.0 Å². The molecule has 1 aromatic carbocycles. The normalized spacial score (nSPS) is 11.6. The lowest BCUT2D eigenvalue weighted by molar-refractivity contribution is 0.413. The second kappa shape index (κ2) is 8.17. The molecule has 0 spiro atoms. The standard InChI is InChI=1S/C15H24N2O3S/c1-5-11-17(3)21(18,19)15-8-7-14(20-4)12-13(15)9-10-16-6-2/h5,7-8,12,16H,1,6,9-11H2,2-4H3. The number of ether oxygens (including phenoxy) is 1. The first-order valence-electron chi connectivity index (χ1n) is 6.92. The molecule has 0 atom stereocenters. The summed E-state index contributed by atoms with van der Waals surface area (Å²) in [5, 5.41) is 3.20. The quantitative estimate of drug-likeness (QED) is 0.556. The van der Waals surface area contributed by atoms with E-state index in [2.05, 4.69) is 11.9 Å². The fraction of sp³-hybridized carbons (Fsp3) is 0.467. The van der Waals surface area contributed by atoms with E-state index in [4.69, 9.17) is 4.74 Å². The van der Waals surface area contributed by atoms with Gasteiger partial charge in [-0.15, -0.1) is 6.58 Å². The van der Waals surface area contributed by atoms with Crippen molar-refractivity contribution in [1.29, 1.82) is 0 Å². The third-order valence-corrected chi connectivity index (χ3v) is 5.09. The van der Waals surface area contributed by atoms with Gasteiger partial charge in [0.25, 0.3) is 0 Å². The molecule has 0 aliphatic heterocycles. The number of likely N-dealkylation sites (N-methyl/N-ethyl adjacent to an activating group) is 2. The van der Waals surface area contributed by atoms with E-state index in [9.17, 15) is 8.42 Å². The zero-order chi connectivity index (χ0) is 15.9. The van der Waals surface area contributed by atoms with Gasteiger partial charge in [-0.2, -0.15) is 4.31 Å². The first-order valence-corrected chi connectivity index (χ1v) is 8.36. The van der Waals surface area contributed by atoms with Gasteiger partial charge in [-0.25, -0.2) is 8.42 Å². The van der Waals surface area contributed by atoms with Crippen LogP contribution < -0.4 is 10.1 Å². The third-order valence-electron chi connectivity index (χ3n) is 3.16. The van der Waals surface area contributed by atoms with Crippen molar-refractivity contribution in [3.8, 4) is 5.75 Å². The molecule has 1 N–H and O–H groups in total. The molecule has 0 amide bonds. The summed E-state index contributed by atoms with van der Waals surface area (Å²) in [5.41, 5.74) is 0.756. The second-order valence-electron chi connectivity index (χ2n) is 4.65. The Morgan fingerprint density at radius 3 is 2.71 bits per heavy atom. The number of hydrogen-bond donors (Lipinski definition) is 1. The minimum Gasteiger partial charge on any atom is -0.497 e. The number of hydrogen-bond acceptors (Lipinski definition) is 4. The molecule has 0 aromatic heterocycles. The number of nitrogens with zero attached hydrogens (tertiary/aromatic N) is 1. The van der Waals surface area contributed by atoms with Crippen LogP contribution in [0.3, 0.4) is 0 Å². The molecule has 21 heavy (non-hydrogen) atoms. The van der Waals surface area contributed by atoms with Gasteiger partial charge in [-0.05, 0) is 43.3 Å². The highest BCUT2D eigenvalue weighted by Crippen LogP contribution is 2.24. The van der Waals surface area contributed by atoms with Gasteiger partial charge in [-0.1, -0.05) is 13.0 Å². The van der Waals surface area contributed by atoms with Crippen LogP contribution in [0.5, 0.6) is 5.75 Å². The van der Waals surface area contributed by atoms with Crippen molar-refractivity contribution in [2.24, 2.45) is 0 Å². The summed E-state index contributed by atoms with van der Waals surface area (Å²) in [6, 6.07) is 5.06. The van der Waals surface area contributed by atoms with E-state index in [0.29, 0.717) is 17.1 Å². The maximum atomic E-state index is 12.6. The Bertz CT molecular complexity index is 570. The van der Waals surface area contributed by atoms with E-state index >= 15 is 0 Å². The van der Waals surface area contributed by atoms with Crippen molar-refractivity contribution in [2.75, 3.05) is 33.8 Å². The Kier molecular flexibility index (Phi) is 6.87. The van der Waals surface area contributed by atoms with Gasteiger partial charge >= 0.3 is 0 Å². The molecule has 0 saturated heterocycles. The summed E-state index contributed by atoms with van der Waals surface area (Å²) in [5.74, 6) is 0.659. The monoisotopic (exact) mass is 312 g/mol. The van der Waals surface area contributed by atoms with Crippen LogP contribution in [0.25, 0.3) is 0 Å². The van der Waals surface area contributed by atoms with Crippen molar-refractivity contribution in [3.05, 3.63) is 36.4 Å². The minimum absolute atomic E-state index is 0.279. The van der Waals surface area contributed by atoms with Crippen molar-refractivity contribution in [3.63, 3.8) is 0 Å². The number of sulfonamides is 1. The van der Waals surface area contributed by atoms with Crippen LogP contribution in [-0.2, 0) is 16.4 Å². The Labute approximate surface area is 127 Å². The van der Waals surface area contributed by atoms with Gasteiger partial charge in [0.15, 0.2) is 0 Å². The topological polar surface area (TPSA) is 58.6 Å². The molecule has 1 aromatic rings. The number of rotatable bonds is 9. The zero-order valence-electron chi connectivity index (χ0n) is 12.9. The minimum atomic E-state index is -3.52. The first kappa shape index (κ1) is 17.7. The highest BCUT2D eigenvalue weighted by Gasteiger charge is 2.23. The van der Waals surface area contributed by atoms with Crippen LogP contribution in [0, 0.1) is 0 Å². The third kappa shape index (κ3) is 4.56. The molecule has 0 saturated carbocycles. The molecule has 0 unspecified atom stereocenters. The van der Waals surface area contributed by atoms with Gasteiger partial charge in [0, 0.05) is 13.6 Å². The Hall–Kier alpha value is -1.37. The van der Waals surface area contributed by atoms with Gasteiger partial charge < -0.3 is 10.1 Å². The molecule has 0 fully saturated rings. The van der Waals surface area contributed by atoms with Crippen LogP contribution in [-0.4, -0.2) is 46.5 Å². The van der Waals surface area contributed by atoms with Crippen LogP contribution in [0.1, 0.15) is 12.5 Å². The second-order valence-corrected chi connectivity index (χ2v) is 6.66. The zero-order valence-corrected chi connectivity index (χ0v) is 13.7. The molecule has 0 aliphatic rings. The molecule has 118 valence electrons. The number of methoxy groups -OCH3 is 1. The van der Waals surface area contributed by atoms with E-state index in [1.807, 2.05) is 6.92 Å². The summed E-state index contributed by atoms with van der Waals surface area (Å²) in [6.07, 6.45) is 2.20. The van der Waals surface area contributed by atoms with Crippen LogP contribution in [0.15, 0.2) is 35.7 Å². The van der Waals surface area contributed by atoms with Crippen molar-refractivity contribution in [2.45, 2.75) is 18.2 Å². The predicted octanol–water partition coefficient (Wildman–Crippen LogP) is 1.65. The molecular formula is C15H24N2O3S. The Morgan fingerprint density at radius 2 is 2.14 bits per heavy atom. The summed E-state index contributed by atoms with van der Waals surface area (Å²) in [7, 11) is -0.393. The predicted molar refractivity (Wildman–Crippen MR) is 85.3 cm³/mol. The van der Waals surface area contributed by atoms with Gasteiger partial charge in [0.1, 0.15) is 5.75 Å². The van der Waals surface area contributed by atoms with Crippen LogP contribution in [0.2, 0.25) is 0 Å². The summed E-state index contributed by atoms with van der Waals surface area (Å²) >= 11 is 0. The molecule has 0 bridgehead atoms. The number of benzene rings is 1. The molecule has 5 nitrogen and oxygen atoms in total. The summed E-state index contributed by atoms with van der Waals surface area (Å²) < 4.78 is 31.7. The van der Waals surface area contributed by atoms with Crippen LogP contribution in [0.4, 0.5) is 0 Å². The molecule has 6 heteroatoms. The lowest BCUT2D eigenvalue weighted by atomic mass is 10.1. The molecule has 0 heterocycles. The maximum absolute atomic E-state index is 12.6. The van der Waals surface area contributed by atoms with E-state index in [0.717, 1.165) is 18.7 Å². The van der Waals surface area contributed by atoms with Gasteiger partial charge in [-0.3, -0.25) is 0 Å². The molecular weight excluding hydrogens is 288 g/mol. The van der Waals surface area contributed by atoms with Crippen molar-refractivity contribution in [1.82, 2.24) is 9.62 Å². The largest absolute Gasteiger partial charge is 0.497 e. The first-order chi connectivity index (χ1) is 9.97. The molecule has 0 radical (unpaired) electrons. The molecule has 0 aliphatic carbocycles. The van der Waals surface area contributed by atoms with E-state index < -0.39 is 10.0 Å². The fourth-order valence-electron chi connectivity index (χ4n) is 1.98. The fourth-order valence-corrected chi connectivity index (χ4v) is 3.35. The van der Waals surface area contributed by atoms with Crippen molar-refractivity contribution >= 4 is 10.0 Å². The summed E-state index contributed by atoms with van der Waals surface area (Å²) in [6.45, 7) is 7.45. The van der Waals surface area contributed by atoms with Gasteiger partial charge in [0.05, 0.1) is 12.0 Å².